The minimum absolute atomic E-state index is 0.0217. The van der Waals surface area contributed by atoms with E-state index in [-0.39, 0.29) is 12.1 Å². The standard InChI is InChI=1S/C11H18O3/c1-4-13-11(12)7-10-9(8(2)3)5-6-14-10/h9-10H,2,4-7H2,1,3H3/t9-,10-/m0/s1. The van der Waals surface area contributed by atoms with E-state index in [4.69, 9.17) is 9.47 Å². The molecule has 0 amide bonds. The first-order valence-electron chi connectivity index (χ1n) is 5.07. The van der Waals surface area contributed by atoms with E-state index in [0.29, 0.717) is 18.9 Å². The molecule has 1 fully saturated rings. The molecule has 0 aromatic carbocycles. The van der Waals surface area contributed by atoms with Gasteiger partial charge in [0.05, 0.1) is 19.1 Å². The van der Waals surface area contributed by atoms with Crippen molar-refractivity contribution in [3.63, 3.8) is 0 Å². The molecule has 0 aromatic heterocycles. The van der Waals surface area contributed by atoms with Gasteiger partial charge in [-0.1, -0.05) is 12.2 Å². The molecule has 80 valence electrons. The summed E-state index contributed by atoms with van der Waals surface area (Å²) in [5.74, 6) is 0.144. The van der Waals surface area contributed by atoms with E-state index in [1.807, 2.05) is 13.8 Å². The summed E-state index contributed by atoms with van der Waals surface area (Å²) in [4.78, 5) is 11.2. The Kier molecular flexibility index (Phi) is 4.14. The fourth-order valence-electron chi connectivity index (χ4n) is 1.80. The molecule has 14 heavy (non-hydrogen) atoms. The molecule has 1 heterocycles. The summed E-state index contributed by atoms with van der Waals surface area (Å²) in [6.07, 6.45) is 1.30. The van der Waals surface area contributed by atoms with Crippen molar-refractivity contribution in [2.24, 2.45) is 5.92 Å². The number of hydrogen-bond acceptors (Lipinski definition) is 3. The average Bonchev–Trinajstić information content (AvgIpc) is 2.52. The van der Waals surface area contributed by atoms with Gasteiger partial charge < -0.3 is 9.47 Å². The predicted molar refractivity (Wildman–Crippen MR) is 53.9 cm³/mol. The molecule has 0 spiro atoms. The van der Waals surface area contributed by atoms with Gasteiger partial charge in [0, 0.05) is 12.5 Å². The summed E-state index contributed by atoms with van der Waals surface area (Å²) >= 11 is 0. The lowest BCUT2D eigenvalue weighted by molar-refractivity contribution is -0.145. The highest BCUT2D eigenvalue weighted by Gasteiger charge is 2.30. The third kappa shape index (κ3) is 2.84. The summed E-state index contributed by atoms with van der Waals surface area (Å²) in [6, 6.07) is 0. The summed E-state index contributed by atoms with van der Waals surface area (Å²) in [5, 5.41) is 0. The first-order valence-corrected chi connectivity index (χ1v) is 5.07. The van der Waals surface area contributed by atoms with Gasteiger partial charge in [-0.2, -0.15) is 0 Å². The van der Waals surface area contributed by atoms with Crippen LogP contribution in [0, 0.1) is 5.92 Å². The van der Waals surface area contributed by atoms with Crippen molar-refractivity contribution >= 4 is 5.97 Å². The lowest BCUT2D eigenvalue weighted by Gasteiger charge is -2.17. The Morgan fingerprint density at radius 1 is 1.64 bits per heavy atom. The van der Waals surface area contributed by atoms with Crippen molar-refractivity contribution in [3.05, 3.63) is 12.2 Å². The third-order valence-corrected chi connectivity index (χ3v) is 2.52. The predicted octanol–water partition coefficient (Wildman–Crippen LogP) is 1.92. The minimum Gasteiger partial charge on any atom is -0.466 e. The van der Waals surface area contributed by atoms with Crippen molar-refractivity contribution in [3.8, 4) is 0 Å². The molecule has 2 atom stereocenters. The zero-order valence-corrected chi connectivity index (χ0v) is 8.91. The van der Waals surface area contributed by atoms with Gasteiger partial charge in [0.25, 0.3) is 0 Å². The lowest BCUT2D eigenvalue weighted by atomic mass is 9.93. The maximum absolute atomic E-state index is 11.2. The molecule has 1 rings (SSSR count). The van der Waals surface area contributed by atoms with Gasteiger partial charge in [0.2, 0.25) is 0 Å². The van der Waals surface area contributed by atoms with E-state index in [1.165, 1.54) is 0 Å². The number of hydrogen-bond donors (Lipinski definition) is 0. The molecule has 1 saturated heterocycles. The Balaban J connectivity index is 2.43. The number of carbonyl (C=O) groups excluding carboxylic acids is 1. The highest BCUT2D eigenvalue weighted by Crippen LogP contribution is 2.28. The zero-order valence-electron chi connectivity index (χ0n) is 8.91. The van der Waals surface area contributed by atoms with Crippen LogP contribution in [0.5, 0.6) is 0 Å². The van der Waals surface area contributed by atoms with E-state index in [2.05, 4.69) is 6.58 Å². The quantitative estimate of drug-likeness (QED) is 0.511. The first kappa shape index (κ1) is 11.2. The van der Waals surface area contributed by atoms with E-state index < -0.39 is 0 Å². The van der Waals surface area contributed by atoms with Gasteiger partial charge >= 0.3 is 5.97 Å². The first-order chi connectivity index (χ1) is 6.65. The van der Waals surface area contributed by atoms with Crippen LogP contribution in [0.2, 0.25) is 0 Å². The second-order valence-electron chi connectivity index (χ2n) is 3.66. The molecule has 3 heteroatoms. The molecule has 0 bridgehead atoms. The summed E-state index contributed by atoms with van der Waals surface area (Å²) < 4.78 is 10.4. The second-order valence-corrected chi connectivity index (χ2v) is 3.66. The van der Waals surface area contributed by atoms with Crippen LogP contribution in [0.25, 0.3) is 0 Å². The molecule has 0 radical (unpaired) electrons. The smallest absolute Gasteiger partial charge is 0.308 e. The molecular weight excluding hydrogens is 180 g/mol. The summed E-state index contributed by atoms with van der Waals surface area (Å²) in [7, 11) is 0. The monoisotopic (exact) mass is 198 g/mol. The van der Waals surface area contributed by atoms with Crippen molar-refractivity contribution in [1.29, 1.82) is 0 Å². The molecule has 0 aromatic rings. The third-order valence-electron chi connectivity index (χ3n) is 2.52. The lowest BCUT2D eigenvalue weighted by Crippen LogP contribution is -2.22. The summed E-state index contributed by atoms with van der Waals surface area (Å²) in [6.45, 7) is 8.86. The minimum atomic E-state index is -0.175. The number of ether oxygens (including phenoxy) is 2. The maximum Gasteiger partial charge on any atom is 0.308 e. The molecule has 1 aliphatic heterocycles. The normalized spacial score (nSPS) is 26.1. The van der Waals surface area contributed by atoms with Gasteiger partial charge in [-0.3, -0.25) is 4.79 Å². The number of rotatable bonds is 4. The molecule has 0 saturated carbocycles. The fourth-order valence-corrected chi connectivity index (χ4v) is 1.80. The van der Waals surface area contributed by atoms with E-state index >= 15 is 0 Å². The zero-order chi connectivity index (χ0) is 10.6. The number of carbonyl (C=O) groups is 1. The van der Waals surface area contributed by atoms with E-state index in [9.17, 15) is 4.79 Å². The summed E-state index contributed by atoms with van der Waals surface area (Å²) in [5.41, 5.74) is 1.09. The molecule has 0 aliphatic carbocycles. The number of esters is 1. The largest absolute Gasteiger partial charge is 0.466 e. The SMILES string of the molecule is C=C(C)[C@@H]1CCO[C@H]1CC(=O)OCC. The van der Waals surface area contributed by atoms with Gasteiger partial charge in [-0.15, -0.1) is 0 Å². The molecule has 3 nitrogen and oxygen atoms in total. The Morgan fingerprint density at radius 3 is 2.93 bits per heavy atom. The van der Waals surface area contributed by atoms with Crippen LogP contribution in [0.1, 0.15) is 26.7 Å². The van der Waals surface area contributed by atoms with Crippen LogP contribution in [0.3, 0.4) is 0 Å². The van der Waals surface area contributed by atoms with Crippen molar-refractivity contribution in [2.45, 2.75) is 32.8 Å². The van der Waals surface area contributed by atoms with Crippen LogP contribution >= 0.6 is 0 Å². The van der Waals surface area contributed by atoms with Crippen LogP contribution in [-0.4, -0.2) is 25.3 Å². The fraction of sp³-hybridized carbons (Fsp3) is 0.727. The molecular formula is C11H18O3. The average molecular weight is 198 g/mol. The van der Waals surface area contributed by atoms with Crippen molar-refractivity contribution < 1.29 is 14.3 Å². The van der Waals surface area contributed by atoms with Crippen LogP contribution in [0.15, 0.2) is 12.2 Å². The Hall–Kier alpha value is -0.830. The van der Waals surface area contributed by atoms with E-state index in [0.717, 1.165) is 18.6 Å². The topological polar surface area (TPSA) is 35.5 Å². The van der Waals surface area contributed by atoms with Gasteiger partial charge in [-0.05, 0) is 20.3 Å². The van der Waals surface area contributed by atoms with Crippen LogP contribution in [0.4, 0.5) is 0 Å². The van der Waals surface area contributed by atoms with Gasteiger partial charge in [-0.25, -0.2) is 0 Å². The van der Waals surface area contributed by atoms with Crippen LogP contribution < -0.4 is 0 Å². The molecule has 1 aliphatic rings. The van der Waals surface area contributed by atoms with Gasteiger partial charge in [0.15, 0.2) is 0 Å². The Labute approximate surface area is 85.1 Å². The molecule has 0 N–H and O–H groups in total. The van der Waals surface area contributed by atoms with Crippen molar-refractivity contribution in [2.75, 3.05) is 13.2 Å². The molecule has 0 unspecified atom stereocenters. The van der Waals surface area contributed by atoms with Crippen LogP contribution in [-0.2, 0) is 14.3 Å². The maximum atomic E-state index is 11.2. The van der Waals surface area contributed by atoms with Gasteiger partial charge in [0.1, 0.15) is 0 Å². The second kappa shape index (κ2) is 5.15. The Bertz CT molecular complexity index is 223. The Morgan fingerprint density at radius 2 is 2.36 bits per heavy atom. The van der Waals surface area contributed by atoms with Crippen molar-refractivity contribution in [1.82, 2.24) is 0 Å². The van der Waals surface area contributed by atoms with E-state index in [1.54, 1.807) is 0 Å². The highest BCUT2D eigenvalue weighted by molar-refractivity contribution is 5.70. The highest BCUT2D eigenvalue weighted by atomic mass is 16.5.